The molecule has 2 aromatic carbocycles. The van der Waals surface area contributed by atoms with Crippen LogP contribution in [-0.2, 0) is 11.2 Å². The van der Waals surface area contributed by atoms with E-state index in [-0.39, 0.29) is 5.41 Å². The van der Waals surface area contributed by atoms with Gasteiger partial charge in [-0.15, -0.1) is 10.2 Å². The Hall–Kier alpha value is -1.65. The second kappa shape index (κ2) is 6.85. The van der Waals surface area contributed by atoms with Crippen LogP contribution in [0.3, 0.4) is 0 Å². The smallest absolute Gasteiger partial charge is 0.137 e. The molecule has 0 bridgehead atoms. The van der Waals surface area contributed by atoms with Crippen molar-refractivity contribution < 1.29 is 0 Å². The van der Waals surface area contributed by atoms with Gasteiger partial charge >= 0.3 is 0 Å². The summed E-state index contributed by atoms with van der Waals surface area (Å²) in [7, 11) is 0. The van der Waals surface area contributed by atoms with E-state index in [0.717, 1.165) is 20.7 Å². The summed E-state index contributed by atoms with van der Waals surface area (Å²) >= 11 is 3.40. The Kier molecular flexibility index (Phi) is 4.83. The summed E-state index contributed by atoms with van der Waals surface area (Å²) in [6, 6.07) is 19.1. The van der Waals surface area contributed by atoms with E-state index in [1.54, 1.807) is 23.1 Å². The van der Waals surface area contributed by atoms with Crippen molar-refractivity contribution in [1.29, 1.82) is 0 Å². The molecule has 0 aliphatic heterocycles. The molecule has 0 spiro atoms. The lowest BCUT2D eigenvalue weighted by Crippen LogP contribution is -2.10. The van der Waals surface area contributed by atoms with Gasteiger partial charge in [-0.05, 0) is 16.5 Å². The van der Waals surface area contributed by atoms with E-state index in [1.165, 1.54) is 11.1 Å². The largest absolute Gasteiger partial charge is 0.174 e. The zero-order valence-corrected chi connectivity index (χ0v) is 15.2. The number of thioether (sulfide) groups is 1. The Morgan fingerprint density at radius 1 is 0.913 bits per heavy atom. The third kappa shape index (κ3) is 4.21. The topological polar surface area (TPSA) is 25.8 Å². The predicted octanol–water partition coefficient (Wildman–Crippen LogP) is 5.79. The van der Waals surface area contributed by atoms with Crippen molar-refractivity contribution in [3.8, 4) is 10.6 Å². The van der Waals surface area contributed by atoms with Gasteiger partial charge in [-0.3, -0.25) is 0 Å². The highest BCUT2D eigenvalue weighted by molar-refractivity contribution is 8.00. The van der Waals surface area contributed by atoms with E-state index in [4.69, 9.17) is 0 Å². The molecule has 3 aromatic rings. The summed E-state index contributed by atoms with van der Waals surface area (Å²) in [4.78, 5) is 0. The van der Waals surface area contributed by atoms with E-state index >= 15 is 0 Å². The van der Waals surface area contributed by atoms with Crippen LogP contribution < -0.4 is 0 Å². The SMILES string of the molecule is CC(C)(C)c1ccc(CSc2nnc(-c3ccccc3)s2)cc1. The lowest BCUT2D eigenvalue weighted by Gasteiger charge is -2.19. The zero-order chi connectivity index (χ0) is 16.3. The molecule has 0 amide bonds. The molecule has 2 nitrogen and oxygen atoms in total. The molecule has 4 heteroatoms. The van der Waals surface area contributed by atoms with Crippen molar-refractivity contribution >= 4 is 23.1 Å². The fourth-order valence-electron chi connectivity index (χ4n) is 2.21. The number of benzene rings is 2. The molecule has 0 aliphatic carbocycles. The summed E-state index contributed by atoms with van der Waals surface area (Å²) in [6.45, 7) is 6.72. The van der Waals surface area contributed by atoms with Gasteiger partial charge in [0.05, 0.1) is 0 Å². The molecule has 0 fully saturated rings. The first-order chi connectivity index (χ1) is 11.0. The molecule has 0 N–H and O–H groups in total. The van der Waals surface area contributed by atoms with Crippen LogP contribution in [0, 0.1) is 0 Å². The van der Waals surface area contributed by atoms with Crippen LogP contribution in [0.4, 0.5) is 0 Å². The highest BCUT2D eigenvalue weighted by Gasteiger charge is 2.13. The molecule has 23 heavy (non-hydrogen) atoms. The van der Waals surface area contributed by atoms with Gasteiger partial charge in [-0.2, -0.15) is 0 Å². The predicted molar refractivity (Wildman–Crippen MR) is 100 cm³/mol. The average Bonchev–Trinajstić information content (AvgIpc) is 3.02. The minimum absolute atomic E-state index is 0.204. The zero-order valence-electron chi connectivity index (χ0n) is 13.6. The highest BCUT2D eigenvalue weighted by Crippen LogP contribution is 2.31. The molecule has 0 unspecified atom stereocenters. The van der Waals surface area contributed by atoms with Crippen LogP contribution in [0.25, 0.3) is 10.6 Å². The molecule has 118 valence electrons. The van der Waals surface area contributed by atoms with Crippen molar-refractivity contribution in [3.05, 3.63) is 65.7 Å². The molecule has 0 saturated carbocycles. The second-order valence-corrected chi connectivity index (χ2v) is 8.67. The van der Waals surface area contributed by atoms with Gasteiger partial charge in [0, 0.05) is 11.3 Å². The van der Waals surface area contributed by atoms with Crippen molar-refractivity contribution in [1.82, 2.24) is 10.2 Å². The Morgan fingerprint density at radius 2 is 1.61 bits per heavy atom. The molecule has 0 saturated heterocycles. The molecule has 1 heterocycles. The van der Waals surface area contributed by atoms with Gasteiger partial charge in [0.25, 0.3) is 0 Å². The fraction of sp³-hybridized carbons (Fsp3) is 0.263. The van der Waals surface area contributed by atoms with Crippen LogP contribution in [0.2, 0.25) is 0 Å². The first-order valence-corrected chi connectivity index (χ1v) is 9.44. The molecular formula is C19H20N2S2. The van der Waals surface area contributed by atoms with Gasteiger partial charge in [-0.25, -0.2) is 0 Å². The van der Waals surface area contributed by atoms with Gasteiger partial charge in [-0.1, -0.05) is 98.5 Å². The van der Waals surface area contributed by atoms with Crippen LogP contribution >= 0.6 is 23.1 Å². The maximum atomic E-state index is 4.30. The summed E-state index contributed by atoms with van der Waals surface area (Å²) in [5, 5.41) is 9.57. The standard InChI is InChI=1S/C19H20N2S2/c1-19(2,3)16-11-9-14(10-12-16)13-22-18-21-20-17(23-18)15-7-5-4-6-8-15/h4-12H,13H2,1-3H3. The van der Waals surface area contributed by atoms with Crippen LogP contribution in [0.1, 0.15) is 31.9 Å². The number of nitrogens with zero attached hydrogens (tertiary/aromatic N) is 2. The molecule has 1 aromatic heterocycles. The first kappa shape index (κ1) is 16.2. The van der Waals surface area contributed by atoms with Gasteiger partial charge in [0.2, 0.25) is 0 Å². The fourth-order valence-corrected chi connectivity index (χ4v) is 4.02. The molecule has 0 radical (unpaired) electrons. The molecular weight excluding hydrogens is 320 g/mol. The summed E-state index contributed by atoms with van der Waals surface area (Å²) in [5.41, 5.74) is 4.02. The van der Waals surface area contributed by atoms with Crippen LogP contribution in [-0.4, -0.2) is 10.2 Å². The van der Waals surface area contributed by atoms with Crippen LogP contribution in [0.5, 0.6) is 0 Å². The van der Waals surface area contributed by atoms with Gasteiger partial charge in [0.1, 0.15) is 5.01 Å². The summed E-state index contributed by atoms with van der Waals surface area (Å²) in [6.07, 6.45) is 0. The monoisotopic (exact) mass is 340 g/mol. The summed E-state index contributed by atoms with van der Waals surface area (Å²) < 4.78 is 1.02. The van der Waals surface area contributed by atoms with Crippen molar-refractivity contribution in [2.75, 3.05) is 0 Å². The number of rotatable bonds is 4. The van der Waals surface area contributed by atoms with E-state index < -0.39 is 0 Å². The van der Waals surface area contributed by atoms with E-state index in [2.05, 4.69) is 67.4 Å². The average molecular weight is 341 g/mol. The number of hydrogen-bond donors (Lipinski definition) is 0. The minimum Gasteiger partial charge on any atom is -0.137 e. The normalized spacial score (nSPS) is 11.6. The lowest BCUT2D eigenvalue weighted by molar-refractivity contribution is 0.590. The maximum absolute atomic E-state index is 4.30. The third-order valence-corrected chi connectivity index (χ3v) is 5.79. The van der Waals surface area contributed by atoms with Crippen LogP contribution in [0.15, 0.2) is 58.9 Å². The van der Waals surface area contributed by atoms with E-state index in [0.29, 0.717) is 0 Å². The molecule has 0 atom stereocenters. The lowest BCUT2D eigenvalue weighted by atomic mass is 9.87. The number of aromatic nitrogens is 2. The van der Waals surface area contributed by atoms with Crippen molar-refractivity contribution in [3.63, 3.8) is 0 Å². The number of hydrogen-bond acceptors (Lipinski definition) is 4. The van der Waals surface area contributed by atoms with E-state index in [1.807, 2.05) is 18.2 Å². The maximum Gasteiger partial charge on any atom is 0.174 e. The van der Waals surface area contributed by atoms with Gasteiger partial charge < -0.3 is 0 Å². The van der Waals surface area contributed by atoms with Crippen molar-refractivity contribution in [2.24, 2.45) is 0 Å². The van der Waals surface area contributed by atoms with Crippen molar-refractivity contribution in [2.45, 2.75) is 36.3 Å². The van der Waals surface area contributed by atoms with Gasteiger partial charge in [0.15, 0.2) is 4.34 Å². The Bertz CT molecular complexity index is 756. The quantitative estimate of drug-likeness (QED) is 0.562. The molecule has 3 rings (SSSR count). The minimum atomic E-state index is 0.204. The van der Waals surface area contributed by atoms with E-state index in [9.17, 15) is 0 Å². The highest BCUT2D eigenvalue weighted by atomic mass is 32.2. The first-order valence-electron chi connectivity index (χ1n) is 7.63. The Morgan fingerprint density at radius 3 is 2.26 bits per heavy atom. The third-order valence-electron chi connectivity index (χ3n) is 3.61. The Labute approximate surface area is 146 Å². The Balaban J connectivity index is 1.64. The second-order valence-electron chi connectivity index (χ2n) is 6.47. The molecule has 0 aliphatic rings. The summed E-state index contributed by atoms with van der Waals surface area (Å²) in [5.74, 6) is 0.924.